The molecule has 1 aliphatic carbocycles. The van der Waals surface area contributed by atoms with E-state index in [1.807, 2.05) is 11.3 Å². The van der Waals surface area contributed by atoms with Crippen molar-refractivity contribution in [2.24, 2.45) is 0 Å². The Morgan fingerprint density at radius 2 is 0.893 bits per heavy atom. The summed E-state index contributed by atoms with van der Waals surface area (Å²) >= 11 is 1.92. The zero-order valence-electron chi connectivity index (χ0n) is 31.2. The normalized spacial score (nSPS) is 13.3. The van der Waals surface area contributed by atoms with Crippen molar-refractivity contribution in [2.75, 3.05) is 0 Å². The minimum atomic E-state index is -0.113. The van der Waals surface area contributed by atoms with Gasteiger partial charge in [0.1, 0.15) is 0 Å². The van der Waals surface area contributed by atoms with Crippen molar-refractivity contribution in [3.63, 3.8) is 0 Å². The molecule has 0 saturated carbocycles. The quantitative estimate of drug-likeness (QED) is 0.159. The summed E-state index contributed by atoms with van der Waals surface area (Å²) in [6.45, 7) is 4.83. The Hall–Kier alpha value is -6.54. The van der Waals surface area contributed by atoms with Crippen LogP contribution in [0.3, 0.4) is 0 Å². The van der Waals surface area contributed by atoms with E-state index in [9.17, 15) is 0 Å². The smallest absolute Gasteiger partial charge is 0.0361 e. The highest BCUT2D eigenvalue weighted by atomic mass is 32.1. The van der Waals surface area contributed by atoms with Gasteiger partial charge in [-0.1, -0.05) is 178 Å². The van der Waals surface area contributed by atoms with Crippen molar-refractivity contribution in [1.82, 2.24) is 0 Å². The molecule has 0 amide bonds. The van der Waals surface area contributed by atoms with Crippen LogP contribution in [0, 0.1) is 0 Å². The minimum absolute atomic E-state index is 0.113. The van der Waals surface area contributed by atoms with E-state index in [1.165, 1.54) is 119 Å². The van der Waals surface area contributed by atoms with Gasteiger partial charge < -0.3 is 0 Å². The first kappa shape index (κ1) is 31.8. The lowest BCUT2D eigenvalue weighted by molar-refractivity contribution is 0.667. The zero-order valence-corrected chi connectivity index (χ0v) is 32.0. The van der Waals surface area contributed by atoms with Gasteiger partial charge in [-0.25, -0.2) is 0 Å². The molecule has 1 heteroatoms. The van der Waals surface area contributed by atoms with E-state index >= 15 is 0 Å². The lowest BCUT2D eigenvalue weighted by Crippen LogP contribution is -2.15. The summed E-state index contributed by atoms with van der Waals surface area (Å²) in [6, 6.07) is 68.1. The predicted molar refractivity (Wildman–Crippen MR) is 243 cm³/mol. The van der Waals surface area contributed by atoms with E-state index in [-0.39, 0.29) is 5.41 Å². The summed E-state index contributed by atoms with van der Waals surface area (Å²) in [4.78, 5) is 0. The Bertz CT molecular complexity index is 3370. The van der Waals surface area contributed by atoms with Gasteiger partial charge in [0.25, 0.3) is 0 Å². The molecule has 56 heavy (non-hydrogen) atoms. The molecule has 0 saturated heterocycles. The van der Waals surface area contributed by atoms with Crippen LogP contribution in [0.15, 0.2) is 182 Å². The van der Waals surface area contributed by atoms with Gasteiger partial charge in [-0.3, -0.25) is 0 Å². The monoisotopic (exact) mass is 728 g/mol. The average molecular weight is 729 g/mol. The number of fused-ring (bicyclic) bond motifs is 12. The lowest BCUT2D eigenvalue weighted by Gasteiger charge is -2.23. The third-order valence-corrected chi connectivity index (χ3v) is 13.8. The van der Waals surface area contributed by atoms with Crippen LogP contribution in [0.5, 0.6) is 0 Å². The fourth-order valence-electron chi connectivity index (χ4n) is 10.1. The maximum atomic E-state index is 2.44. The summed E-state index contributed by atoms with van der Waals surface area (Å²) in [7, 11) is 0. The van der Waals surface area contributed by atoms with Gasteiger partial charge in [-0.2, -0.15) is 0 Å². The Kier molecular flexibility index (Phi) is 6.66. The number of hydrogen-bond acceptors (Lipinski definition) is 1. The van der Waals surface area contributed by atoms with Crippen molar-refractivity contribution >= 4 is 74.6 Å². The summed E-state index contributed by atoms with van der Waals surface area (Å²) in [5, 5.41) is 13.1. The van der Waals surface area contributed by atoms with Crippen molar-refractivity contribution in [3.05, 3.63) is 193 Å². The molecular weight excluding hydrogens is 693 g/mol. The molecule has 0 nitrogen and oxygen atoms in total. The molecule has 0 spiro atoms. The van der Waals surface area contributed by atoms with E-state index in [0.29, 0.717) is 0 Å². The van der Waals surface area contributed by atoms with Crippen LogP contribution in [0.1, 0.15) is 25.0 Å². The first-order chi connectivity index (χ1) is 27.5. The molecule has 0 aliphatic heterocycles. The Morgan fingerprint density at radius 3 is 1.61 bits per heavy atom. The molecule has 0 bridgehead atoms. The SMILES string of the molecule is CC1(C)c2ccc(-c3ccc(-c4c5ccccc5c(-c5cccc6ccccc56)c5ccccc45)cc3)cc2-c2ccc3sc4ccc5ccccc5c4c3c21. The van der Waals surface area contributed by atoms with Crippen molar-refractivity contribution < 1.29 is 0 Å². The molecule has 10 aromatic carbocycles. The predicted octanol–water partition coefficient (Wildman–Crippen LogP) is 16.0. The number of thiophene rings is 1. The van der Waals surface area contributed by atoms with Crippen LogP contribution in [-0.2, 0) is 5.41 Å². The van der Waals surface area contributed by atoms with Gasteiger partial charge in [0.15, 0.2) is 0 Å². The maximum Gasteiger partial charge on any atom is 0.0361 e. The first-order valence-corrected chi connectivity index (χ1v) is 20.4. The standard InChI is InChI=1S/C55H36S/c1-55(2)47-29-26-37(32-46(47)45-28-31-49-53(54(45)55)52-39-16-6-4-13-35(39)27-30-48(52)56-49)33-22-24-36(25-23-33)50-41-17-7-9-19-43(41)51(44-20-10-8-18-42(44)50)40-21-11-14-34-12-3-5-15-38(34)40/h3-32H,1-2H3. The largest absolute Gasteiger partial charge is 0.135 e. The Balaban J connectivity index is 1.01. The van der Waals surface area contributed by atoms with E-state index < -0.39 is 0 Å². The molecule has 0 N–H and O–H groups in total. The molecule has 1 heterocycles. The van der Waals surface area contributed by atoms with Crippen molar-refractivity contribution in [1.29, 1.82) is 0 Å². The van der Waals surface area contributed by atoms with E-state index in [0.717, 1.165) is 0 Å². The van der Waals surface area contributed by atoms with Crippen molar-refractivity contribution in [2.45, 2.75) is 19.3 Å². The van der Waals surface area contributed by atoms with E-state index in [2.05, 4.69) is 196 Å². The third-order valence-electron chi connectivity index (χ3n) is 12.6. The van der Waals surface area contributed by atoms with Gasteiger partial charge >= 0.3 is 0 Å². The highest BCUT2D eigenvalue weighted by Crippen LogP contribution is 2.55. The van der Waals surface area contributed by atoms with Crippen LogP contribution in [0.25, 0.3) is 108 Å². The van der Waals surface area contributed by atoms with Gasteiger partial charge in [0.2, 0.25) is 0 Å². The third kappa shape index (κ3) is 4.41. The second-order valence-electron chi connectivity index (χ2n) is 16.0. The van der Waals surface area contributed by atoms with Crippen LogP contribution in [0.4, 0.5) is 0 Å². The summed E-state index contributed by atoms with van der Waals surface area (Å²) in [5.41, 5.74) is 13.1. The van der Waals surface area contributed by atoms with Crippen LogP contribution in [0.2, 0.25) is 0 Å². The van der Waals surface area contributed by atoms with E-state index in [1.54, 1.807) is 0 Å². The second-order valence-corrected chi connectivity index (χ2v) is 17.0. The number of benzene rings is 10. The molecule has 262 valence electrons. The zero-order chi connectivity index (χ0) is 37.1. The highest BCUT2D eigenvalue weighted by Gasteiger charge is 2.38. The average Bonchev–Trinajstić information content (AvgIpc) is 3.74. The van der Waals surface area contributed by atoms with Crippen molar-refractivity contribution in [3.8, 4) is 44.5 Å². The van der Waals surface area contributed by atoms with Gasteiger partial charge in [-0.15, -0.1) is 11.3 Å². The van der Waals surface area contributed by atoms with Gasteiger partial charge in [0, 0.05) is 25.6 Å². The number of rotatable bonds is 3. The number of hydrogen-bond donors (Lipinski definition) is 0. The molecule has 1 aliphatic rings. The highest BCUT2D eigenvalue weighted by molar-refractivity contribution is 7.26. The van der Waals surface area contributed by atoms with E-state index in [4.69, 9.17) is 0 Å². The topological polar surface area (TPSA) is 0 Å². The first-order valence-electron chi connectivity index (χ1n) is 19.6. The molecule has 0 unspecified atom stereocenters. The molecule has 1 aromatic heterocycles. The molecule has 12 rings (SSSR count). The summed E-state index contributed by atoms with van der Waals surface area (Å²) in [5.74, 6) is 0. The Labute approximate surface area is 329 Å². The van der Waals surface area contributed by atoms with Crippen LogP contribution >= 0.6 is 11.3 Å². The summed E-state index contributed by atoms with van der Waals surface area (Å²) < 4.78 is 2.74. The minimum Gasteiger partial charge on any atom is -0.135 e. The fraction of sp³-hybridized carbons (Fsp3) is 0.0545. The molecule has 0 atom stereocenters. The lowest BCUT2D eigenvalue weighted by atomic mass is 9.80. The second kappa shape index (κ2) is 11.7. The maximum absolute atomic E-state index is 2.44. The van der Waals surface area contributed by atoms with Crippen LogP contribution in [-0.4, -0.2) is 0 Å². The molecule has 0 fully saturated rings. The fourth-order valence-corrected chi connectivity index (χ4v) is 11.3. The molecule has 11 aromatic rings. The molecule has 0 radical (unpaired) electrons. The van der Waals surface area contributed by atoms with Crippen LogP contribution < -0.4 is 0 Å². The molecular formula is C55H36S. The van der Waals surface area contributed by atoms with Gasteiger partial charge in [-0.05, 0) is 117 Å². The summed E-state index contributed by atoms with van der Waals surface area (Å²) in [6.07, 6.45) is 0. The Morgan fingerprint density at radius 1 is 0.357 bits per heavy atom. The van der Waals surface area contributed by atoms with Gasteiger partial charge in [0.05, 0.1) is 0 Å².